The van der Waals surface area contributed by atoms with Gasteiger partial charge in [0, 0.05) is 6.04 Å². The van der Waals surface area contributed by atoms with Gasteiger partial charge >= 0.3 is 0 Å². The van der Waals surface area contributed by atoms with Gasteiger partial charge in [-0.3, -0.25) is 9.59 Å². The fourth-order valence-electron chi connectivity index (χ4n) is 0.964. The van der Waals surface area contributed by atoms with Gasteiger partial charge in [0.15, 0.2) is 0 Å². The highest BCUT2D eigenvalue weighted by atomic mass is 16.2. The van der Waals surface area contributed by atoms with Gasteiger partial charge in [0.1, 0.15) is 6.04 Å². The van der Waals surface area contributed by atoms with Crippen molar-refractivity contribution in [3.8, 4) is 0 Å². The third-order valence-corrected chi connectivity index (χ3v) is 2.09. The molecule has 14 heavy (non-hydrogen) atoms. The van der Waals surface area contributed by atoms with Crippen LogP contribution in [-0.4, -0.2) is 29.9 Å². The van der Waals surface area contributed by atoms with Gasteiger partial charge in [-0.15, -0.1) is 0 Å². The molecule has 0 heterocycles. The molecule has 0 saturated heterocycles. The summed E-state index contributed by atoms with van der Waals surface area (Å²) < 4.78 is 0. The third kappa shape index (κ3) is 3.33. The molecule has 2 amide bonds. The number of hydrogen-bond acceptors (Lipinski definition) is 3. The Morgan fingerprint density at radius 3 is 2.29 bits per heavy atom. The molecule has 1 rings (SSSR count). The number of nitrogens with two attached hydrogens (primary N) is 1. The number of carbonyl (C=O) groups is 2. The molecule has 0 radical (unpaired) electrons. The number of amides is 2. The van der Waals surface area contributed by atoms with E-state index in [9.17, 15) is 9.59 Å². The van der Waals surface area contributed by atoms with Crippen LogP contribution in [0.5, 0.6) is 0 Å². The van der Waals surface area contributed by atoms with Crippen molar-refractivity contribution in [2.24, 2.45) is 5.73 Å². The van der Waals surface area contributed by atoms with E-state index in [1.807, 2.05) is 0 Å². The zero-order valence-electron chi connectivity index (χ0n) is 8.54. The molecule has 1 saturated carbocycles. The number of carbonyl (C=O) groups excluding carboxylic acids is 2. The van der Waals surface area contributed by atoms with Crippen LogP contribution in [-0.2, 0) is 9.59 Å². The summed E-state index contributed by atoms with van der Waals surface area (Å²) in [6, 6.07) is -0.766. The monoisotopic (exact) mass is 199 g/mol. The first-order valence-corrected chi connectivity index (χ1v) is 4.87. The maximum atomic E-state index is 11.4. The van der Waals surface area contributed by atoms with E-state index in [0.29, 0.717) is 6.04 Å². The molecule has 5 nitrogen and oxygen atoms in total. The van der Waals surface area contributed by atoms with E-state index in [1.165, 1.54) is 0 Å². The minimum absolute atomic E-state index is 0.137. The van der Waals surface area contributed by atoms with Crippen LogP contribution in [0.1, 0.15) is 26.7 Å². The molecular weight excluding hydrogens is 182 g/mol. The molecule has 1 aliphatic carbocycles. The second-order valence-electron chi connectivity index (χ2n) is 3.80. The lowest BCUT2D eigenvalue weighted by atomic mass is 10.2. The molecule has 0 aromatic carbocycles. The van der Waals surface area contributed by atoms with Crippen molar-refractivity contribution in [2.75, 3.05) is 0 Å². The molecular formula is C9H17N3O2. The van der Waals surface area contributed by atoms with Gasteiger partial charge < -0.3 is 16.4 Å². The maximum Gasteiger partial charge on any atom is 0.242 e. The van der Waals surface area contributed by atoms with Crippen molar-refractivity contribution in [1.82, 2.24) is 10.6 Å². The van der Waals surface area contributed by atoms with Crippen molar-refractivity contribution in [1.29, 1.82) is 0 Å². The Morgan fingerprint density at radius 2 is 1.86 bits per heavy atom. The average Bonchev–Trinajstić information content (AvgIpc) is 2.87. The molecule has 0 bridgehead atoms. The van der Waals surface area contributed by atoms with E-state index < -0.39 is 12.1 Å². The second-order valence-corrected chi connectivity index (χ2v) is 3.80. The molecule has 2 atom stereocenters. The SMILES string of the molecule is CC(NC(=O)[C@@H](C)N)C(=O)NC1CC1. The second kappa shape index (κ2) is 4.41. The van der Waals surface area contributed by atoms with Crippen LogP contribution in [0.2, 0.25) is 0 Å². The van der Waals surface area contributed by atoms with Gasteiger partial charge in [-0.25, -0.2) is 0 Å². The Hall–Kier alpha value is -1.10. The predicted molar refractivity (Wildman–Crippen MR) is 52.4 cm³/mol. The Labute approximate surface area is 83.4 Å². The maximum absolute atomic E-state index is 11.4. The van der Waals surface area contributed by atoms with E-state index in [0.717, 1.165) is 12.8 Å². The van der Waals surface area contributed by atoms with Gasteiger partial charge in [-0.1, -0.05) is 0 Å². The molecule has 5 heteroatoms. The van der Waals surface area contributed by atoms with Gasteiger partial charge in [0.25, 0.3) is 0 Å². The van der Waals surface area contributed by atoms with Crippen molar-refractivity contribution in [3.63, 3.8) is 0 Å². The number of nitrogens with one attached hydrogen (secondary N) is 2. The minimum Gasteiger partial charge on any atom is -0.352 e. The predicted octanol–water partition coefficient (Wildman–Crippen LogP) is -0.883. The highest BCUT2D eigenvalue weighted by molar-refractivity contribution is 5.89. The highest BCUT2D eigenvalue weighted by Crippen LogP contribution is 2.18. The fourth-order valence-corrected chi connectivity index (χ4v) is 0.964. The number of hydrogen-bond donors (Lipinski definition) is 3. The Bertz CT molecular complexity index is 236. The summed E-state index contributed by atoms with van der Waals surface area (Å²) in [5.41, 5.74) is 5.35. The van der Waals surface area contributed by atoms with E-state index in [4.69, 9.17) is 5.73 Å². The first kappa shape index (κ1) is 11.0. The molecule has 1 unspecified atom stereocenters. The third-order valence-electron chi connectivity index (χ3n) is 2.09. The van der Waals surface area contributed by atoms with E-state index in [-0.39, 0.29) is 11.8 Å². The van der Waals surface area contributed by atoms with Crippen LogP contribution in [0.3, 0.4) is 0 Å². The Morgan fingerprint density at radius 1 is 1.29 bits per heavy atom. The number of rotatable bonds is 4. The summed E-state index contributed by atoms with van der Waals surface area (Å²) in [5, 5.41) is 5.34. The van der Waals surface area contributed by atoms with Crippen molar-refractivity contribution >= 4 is 11.8 Å². The van der Waals surface area contributed by atoms with Crippen molar-refractivity contribution < 1.29 is 9.59 Å². The van der Waals surface area contributed by atoms with Gasteiger partial charge in [-0.05, 0) is 26.7 Å². The molecule has 0 spiro atoms. The van der Waals surface area contributed by atoms with Crippen LogP contribution in [0, 0.1) is 0 Å². The first-order chi connectivity index (χ1) is 6.50. The van der Waals surface area contributed by atoms with Gasteiger partial charge in [0.2, 0.25) is 11.8 Å². The molecule has 80 valence electrons. The van der Waals surface area contributed by atoms with E-state index in [1.54, 1.807) is 13.8 Å². The highest BCUT2D eigenvalue weighted by Gasteiger charge is 2.26. The molecule has 0 aromatic rings. The Balaban J connectivity index is 2.28. The summed E-state index contributed by atoms with van der Waals surface area (Å²) in [6.07, 6.45) is 2.08. The fraction of sp³-hybridized carbons (Fsp3) is 0.778. The largest absolute Gasteiger partial charge is 0.352 e. The van der Waals surface area contributed by atoms with Gasteiger partial charge in [-0.2, -0.15) is 0 Å². The van der Waals surface area contributed by atoms with E-state index in [2.05, 4.69) is 10.6 Å². The molecule has 1 aliphatic rings. The lowest BCUT2D eigenvalue weighted by Crippen LogP contribution is -2.49. The van der Waals surface area contributed by atoms with Crippen molar-refractivity contribution in [2.45, 2.75) is 44.8 Å². The van der Waals surface area contributed by atoms with Crippen LogP contribution < -0.4 is 16.4 Å². The molecule has 4 N–H and O–H groups in total. The smallest absolute Gasteiger partial charge is 0.242 e. The summed E-state index contributed by atoms with van der Waals surface area (Å²) in [7, 11) is 0. The van der Waals surface area contributed by atoms with Crippen molar-refractivity contribution in [3.05, 3.63) is 0 Å². The lowest BCUT2D eigenvalue weighted by molar-refractivity contribution is -0.129. The van der Waals surface area contributed by atoms with Crippen LogP contribution in [0.4, 0.5) is 0 Å². The lowest BCUT2D eigenvalue weighted by Gasteiger charge is -2.15. The van der Waals surface area contributed by atoms with Crippen LogP contribution in [0.15, 0.2) is 0 Å². The van der Waals surface area contributed by atoms with Crippen LogP contribution >= 0.6 is 0 Å². The summed E-state index contributed by atoms with van der Waals surface area (Å²) in [6.45, 7) is 3.23. The minimum atomic E-state index is -0.578. The quantitative estimate of drug-likeness (QED) is 0.549. The van der Waals surface area contributed by atoms with Gasteiger partial charge in [0.05, 0.1) is 6.04 Å². The standard InChI is InChI=1S/C9H17N3O2/c1-5(10)8(13)11-6(2)9(14)12-7-3-4-7/h5-7H,3-4,10H2,1-2H3,(H,11,13)(H,12,14)/t5-,6?/m1/s1. The average molecular weight is 199 g/mol. The topological polar surface area (TPSA) is 84.2 Å². The Kier molecular flexibility index (Phi) is 3.46. The van der Waals surface area contributed by atoms with Crippen LogP contribution in [0.25, 0.3) is 0 Å². The zero-order valence-corrected chi connectivity index (χ0v) is 8.54. The molecule has 0 aliphatic heterocycles. The van der Waals surface area contributed by atoms with E-state index >= 15 is 0 Å². The summed E-state index contributed by atoms with van der Waals surface area (Å²) in [4.78, 5) is 22.5. The molecule has 1 fully saturated rings. The molecule has 0 aromatic heterocycles. The first-order valence-electron chi connectivity index (χ1n) is 4.87. The zero-order chi connectivity index (χ0) is 10.7. The summed E-state index contributed by atoms with van der Waals surface area (Å²) in [5.74, 6) is -0.440. The summed E-state index contributed by atoms with van der Waals surface area (Å²) >= 11 is 0. The normalized spacial score (nSPS) is 19.6.